The first-order valence-corrected chi connectivity index (χ1v) is 7.24. The van der Waals surface area contributed by atoms with Gasteiger partial charge in [-0.2, -0.15) is 13.2 Å². The van der Waals surface area contributed by atoms with E-state index in [4.69, 9.17) is 9.15 Å². The van der Waals surface area contributed by atoms with Gasteiger partial charge in [-0.25, -0.2) is 9.78 Å². The Morgan fingerprint density at radius 2 is 2.08 bits per heavy atom. The van der Waals surface area contributed by atoms with Crippen LogP contribution in [-0.2, 0) is 10.9 Å². The minimum absolute atomic E-state index is 0.105. The number of carbonyl (C=O) groups is 1. The predicted octanol–water partition coefficient (Wildman–Crippen LogP) is 4.16. The monoisotopic (exact) mass is 351 g/mol. The molecule has 0 bridgehead atoms. The van der Waals surface area contributed by atoms with Crippen LogP contribution in [0.4, 0.5) is 24.7 Å². The second-order valence-electron chi connectivity index (χ2n) is 4.95. The zero-order valence-corrected chi connectivity index (χ0v) is 12.9. The van der Waals surface area contributed by atoms with Gasteiger partial charge in [-0.3, -0.25) is 4.98 Å². The fraction of sp³-hybridized carbons (Fsp3) is 0.188. The number of nitrogens with zero attached hydrogens (tertiary/aromatic N) is 2. The second-order valence-corrected chi connectivity index (χ2v) is 4.95. The summed E-state index contributed by atoms with van der Waals surface area (Å²) in [4.78, 5) is 19.7. The van der Waals surface area contributed by atoms with E-state index in [0.717, 1.165) is 12.1 Å². The molecule has 0 amide bonds. The van der Waals surface area contributed by atoms with E-state index in [-0.39, 0.29) is 23.9 Å². The zero-order chi connectivity index (χ0) is 18.0. The second kappa shape index (κ2) is 6.42. The number of esters is 1. The smallest absolute Gasteiger partial charge is 0.417 e. The number of ether oxygens (including phenoxy) is 1. The van der Waals surface area contributed by atoms with E-state index in [1.807, 2.05) is 0 Å². The summed E-state index contributed by atoms with van der Waals surface area (Å²) in [6.07, 6.45) is -0.854. The van der Waals surface area contributed by atoms with Crippen molar-refractivity contribution in [3.63, 3.8) is 0 Å². The molecule has 0 saturated carbocycles. The molecule has 0 aromatic carbocycles. The van der Waals surface area contributed by atoms with Crippen molar-refractivity contribution in [3.8, 4) is 0 Å². The molecular weight excluding hydrogens is 339 g/mol. The normalized spacial score (nSPS) is 11.5. The molecule has 130 valence electrons. The molecule has 3 rings (SSSR count). The van der Waals surface area contributed by atoms with Crippen LogP contribution in [0.2, 0.25) is 0 Å². The Morgan fingerprint density at radius 3 is 2.72 bits per heavy atom. The first-order chi connectivity index (χ1) is 11.9. The first-order valence-electron chi connectivity index (χ1n) is 7.24. The third-order valence-electron chi connectivity index (χ3n) is 3.30. The molecule has 6 nitrogen and oxygen atoms in total. The highest BCUT2D eigenvalue weighted by Gasteiger charge is 2.31. The van der Waals surface area contributed by atoms with Crippen LogP contribution in [0, 0.1) is 0 Å². The average Bonchev–Trinajstić information content (AvgIpc) is 2.94. The summed E-state index contributed by atoms with van der Waals surface area (Å²) in [7, 11) is 0. The summed E-state index contributed by atoms with van der Waals surface area (Å²) in [5, 5.41) is 3.34. The first kappa shape index (κ1) is 16.7. The van der Waals surface area contributed by atoms with Gasteiger partial charge in [-0.15, -0.1) is 0 Å². The van der Waals surface area contributed by atoms with Gasteiger partial charge in [0.15, 0.2) is 5.58 Å². The fourth-order valence-corrected chi connectivity index (χ4v) is 2.18. The molecule has 1 N–H and O–H groups in total. The summed E-state index contributed by atoms with van der Waals surface area (Å²) in [6.45, 7) is 1.79. The van der Waals surface area contributed by atoms with E-state index < -0.39 is 17.7 Å². The van der Waals surface area contributed by atoms with E-state index in [1.165, 1.54) is 12.4 Å². The highest BCUT2D eigenvalue weighted by Crippen LogP contribution is 2.34. The van der Waals surface area contributed by atoms with Crippen LogP contribution in [0.1, 0.15) is 23.0 Å². The maximum Gasteiger partial charge on any atom is 0.417 e. The molecule has 3 aromatic heterocycles. The van der Waals surface area contributed by atoms with Crippen molar-refractivity contribution in [3.05, 3.63) is 48.1 Å². The van der Waals surface area contributed by atoms with Crippen molar-refractivity contribution in [2.45, 2.75) is 13.1 Å². The number of halogens is 3. The molecule has 0 aliphatic rings. The highest BCUT2D eigenvalue weighted by atomic mass is 19.4. The number of furan rings is 1. The lowest BCUT2D eigenvalue weighted by atomic mass is 10.2. The molecule has 3 heterocycles. The quantitative estimate of drug-likeness (QED) is 0.711. The Balaban J connectivity index is 2.00. The molecule has 0 atom stereocenters. The largest absolute Gasteiger partial charge is 0.460 e. The number of anilines is 2. The molecule has 3 aromatic rings. The maximum absolute atomic E-state index is 12.6. The number of hydrogen-bond acceptors (Lipinski definition) is 6. The molecule has 0 spiro atoms. The van der Waals surface area contributed by atoms with Gasteiger partial charge in [0, 0.05) is 17.8 Å². The van der Waals surface area contributed by atoms with Crippen LogP contribution in [0.3, 0.4) is 0 Å². The summed E-state index contributed by atoms with van der Waals surface area (Å²) >= 11 is 0. The van der Waals surface area contributed by atoms with Gasteiger partial charge in [0.2, 0.25) is 5.76 Å². The Labute approximate surface area is 139 Å². The molecule has 0 saturated heterocycles. The van der Waals surface area contributed by atoms with Crippen molar-refractivity contribution in [2.24, 2.45) is 0 Å². The molecule has 9 heteroatoms. The van der Waals surface area contributed by atoms with E-state index in [2.05, 4.69) is 15.3 Å². The molecule has 25 heavy (non-hydrogen) atoms. The lowest BCUT2D eigenvalue weighted by Gasteiger charge is -2.09. The van der Waals surface area contributed by atoms with E-state index in [9.17, 15) is 18.0 Å². The number of hydrogen-bond donors (Lipinski definition) is 1. The van der Waals surface area contributed by atoms with Crippen LogP contribution in [-0.4, -0.2) is 22.5 Å². The van der Waals surface area contributed by atoms with E-state index in [0.29, 0.717) is 17.2 Å². The highest BCUT2D eigenvalue weighted by molar-refractivity contribution is 6.04. The predicted molar refractivity (Wildman–Crippen MR) is 82.5 cm³/mol. The molecule has 0 fully saturated rings. The minimum atomic E-state index is -4.48. The summed E-state index contributed by atoms with van der Waals surface area (Å²) in [5.74, 6) is -0.683. The Hall–Kier alpha value is -3.10. The van der Waals surface area contributed by atoms with E-state index in [1.54, 1.807) is 13.0 Å². The zero-order valence-electron chi connectivity index (χ0n) is 12.9. The van der Waals surface area contributed by atoms with Crippen LogP contribution in [0.15, 0.2) is 41.2 Å². The van der Waals surface area contributed by atoms with Crippen molar-refractivity contribution in [1.82, 2.24) is 9.97 Å². The standard InChI is InChI=1S/C16H12F3N3O3/c1-2-24-15(23)14-13(10-5-6-20-8-11(10)25-14)22-12-4-3-9(7-21-12)16(17,18)19/h3-8H,2H2,1H3,(H,21,22). The van der Waals surface area contributed by atoms with Gasteiger partial charge < -0.3 is 14.5 Å². The lowest BCUT2D eigenvalue weighted by molar-refractivity contribution is -0.137. The maximum atomic E-state index is 12.6. The number of rotatable bonds is 4. The molecule has 0 aliphatic carbocycles. The van der Waals surface area contributed by atoms with Crippen molar-refractivity contribution >= 4 is 28.4 Å². The van der Waals surface area contributed by atoms with Gasteiger partial charge in [-0.1, -0.05) is 0 Å². The third-order valence-corrected chi connectivity index (χ3v) is 3.30. The van der Waals surface area contributed by atoms with Gasteiger partial charge in [-0.05, 0) is 25.1 Å². The summed E-state index contributed by atoms with van der Waals surface area (Å²) < 4.78 is 48.2. The third kappa shape index (κ3) is 3.39. The van der Waals surface area contributed by atoms with Crippen LogP contribution < -0.4 is 5.32 Å². The number of aromatic nitrogens is 2. The average molecular weight is 351 g/mol. The van der Waals surface area contributed by atoms with Gasteiger partial charge in [0.05, 0.1) is 18.4 Å². The Kier molecular flexibility index (Phi) is 4.30. The van der Waals surface area contributed by atoms with Gasteiger partial charge in [0.25, 0.3) is 0 Å². The van der Waals surface area contributed by atoms with E-state index >= 15 is 0 Å². The molecular formula is C16H12F3N3O3. The number of alkyl halides is 3. The van der Waals surface area contributed by atoms with Crippen LogP contribution in [0.5, 0.6) is 0 Å². The summed E-state index contributed by atoms with van der Waals surface area (Å²) in [5.41, 5.74) is -0.284. The Bertz CT molecular complexity index is 904. The van der Waals surface area contributed by atoms with Crippen LogP contribution in [0.25, 0.3) is 11.0 Å². The number of carbonyl (C=O) groups excluding carboxylic acids is 1. The Morgan fingerprint density at radius 1 is 1.28 bits per heavy atom. The number of fused-ring (bicyclic) bond motifs is 1. The number of pyridine rings is 2. The SMILES string of the molecule is CCOC(=O)c1oc2cnccc2c1Nc1ccc(C(F)(F)F)cn1. The van der Waals surface area contributed by atoms with Crippen molar-refractivity contribution in [2.75, 3.05) is 11.9 Å². The minimum Gasteiger partial charge on any atom is -0.460 e. The molecule has 0 aliphatic heterocycles. The van der Waals surface area contributed by atoms with Gasteiger partial charge >= 0.3 is 12.1 Å². The molecule has 0 radical (unpaired) electrons. The number of nitrogens with one attached hydrogen (secondary N) is 1. The summed E-state index contributed by atoms with van der Waals surface area (Å²) in [6, 6.07) is 3.66. The lowest BCUT2D eigenvalue weighted by Crippen LogP contribution is -2.08. The fourth-order valence-electron chi connectivity index (χ4n) is 2.18. The topological polar surface area (TPSA) is 77.2 Å². The van der Waals surface area contributed by atoms with Crippen LogP contribution >= 0.6 is 0 Å². The van der Waals surface area contributed by atoms with Crippen molar-refractivity contribution < 1.29 is 27.1 Å². The molecule has 0 unspecified atom stereocenters. The van der Waals surface area contributed by atoms with Crippen molar-refractivity contribution in [1.29, 1.82) is 0 Å². The van der Waals surface area contributed by atoms with Gasteiger partial charge in [0.1, 0.15) is 11.5 Å².